The summed E-state index contributed by atoms with van der Waals surface area (Å²) in [6.07, 6.45) is 9.87. The second kappa shape index (κ2) is 15.8. The number of hydrogen-bond donors (Lipinski definition) is 4. The number of rotatable bonds is 7. The molecule has 2 aliphatic heterocycles. The molecule has 0 spiro atoms. The maximum atomic E-state index is 13.8. The van der Waals surface area contributed by atoms with Crippen LogP contribution in [-0.4, -0.2) is 62.3 Å². The van der Waals surface area contributed by atoms with Gasteiger partial charge in [-0.1, -0.05) is 63.1 Å². The number of pyridine rings is 1. The molecule has 2 atom stereocenters. The van der Waals surface area contributed by atoms with Crippen molar-refractivity contribution in [1.82, 2.24) is 29.5 Å². The van der Waals surface area contributed by atoms with E-state index in [1.54, 1.807) is 22.9 Å². The summed E-state index contributed by atoms with van der Waals surface area (Å²) in [7, 11) is 0. The molecule has 0 unspecified atom stereocenters. The first kappa shape index (κ1) is 36.7. The largest absolute Gasteiger partial charge is 0.484 e. The predicted molar refractivity (Wildman–Crippen MR) is 209 cm³/mol. The lowest BCUT2D eigenvalue weighted by Gasteiger charge is -2.33. The number of carbonyl (C=O) groups is 1. The number of anilines is 1. The number of urea groups is 1. The van der Waals surface area contributed by atoms with Gasteiger partial charge in [-0.3, -0.25) is 25.6 Å². The minimum atomic E-state index is -0.309. The number of ether oxygens (including phenoxy) is 1. The van der Waals surface area contributed by atoms with Gasteiger partial charge in [-0.15, -0.1) is 0 Å². The van der Waals surface area contributed by atoms with Crippen molar-refractivity contribution in [3.05, 3.63) is 99.8 Å². The molecule has 2 amide bonds. The summed E-state index contributed by atoms with van der Waals surface area (Å²) in [5.74, 6) is 1.51. The van der Waals surface area contributed by atoms with Gasteiger partial charge in [0.15, 0.2) is 0 Å². The van der Waals surface area contributed by atoms with Crippen molar-refractivity contribution in [2.24, 2.45) is 0 Å². The van der Waals surface area contributed by atoms with Gasteiger partial charge in [0.2, 0.25) is 5.96 Å². The average molecular weight is 738 g/mol. The number of amides is 2. The zero-order valence-electron chi connectivity index (χ0n) is 31.1. The van der Waals surface area contributed by atoms with Crippen LogP contribution in [0, 0.1) is 10.8 Å². The summed E-state index contributed by atoms with van der Waals surface area (Å²) in [6, 6.07) is 19.0. The van der Waals surface area contributed by atoms with Gasteiger partial charge in [-0.05, 0) is 105 Å². The molecule has 7 rings (SSSR count). The van der Waals surface area contributed by atoms with Crippen LogP contribution in [0.15, 0.2) is 66.9 Å². The molecule has 2 fully saturated rings. The number of likely N-dealkylation sites (tertiary alicyclic amines) is 2. The number of nitrogens with zero attached hydrogens (tertiary/aromatic N) is 5. The first-order valence-electron chi connectivity index (χ1n) is 19.1. The summed E-state index contributed by atoms with van der Waals surface area (Å²) in [5, 5.41) is 29.3. The van der Waals surface area contributed by atoms with Gasteiger partial charge in [0.1, 0.15) is 23.2 Å². The van der Waals surface area contributed by atoms with Crippen molar-refractivity contribution >= 4 is 29.4 Å². The van der Waals surface area contributed by atoms with Crippen LogP contribution in [0.2, 0.25) is 5.02 Å². The molecule has 11 nitrogen and oxygen atoms in total. The van der Waals surface area contributed by atoms with Crippen LogP contribution in [0.4, 0.5) is 10.6 Å². The van der Waals surface area contributed by atoms with Crippen molar-refractivity contribution < 1.29 is 9.53 Å². The summed E-state index contributed by atoms with van der Waals surface area (Å²) in [4.78, 5) is 18.3. The van der Waals surface area contributed by atoms with Crippen LogP contribution < -0.4 is 20.9 Å². The van der Waals surface area contributed by atoms with E-state index >= 15 is 0 Å². The molecule has 2 aromatic heterocycles. The number of carbonyl (C=O) groups excluding carboxylic acids is 1. The Morgan fingerprint density at radius 1 is 0.925 bits per heavy atom. The van der Waals surface area contributed by atoms with Gasteiger partial charge in [0, 0.05) is 36.1 Å². The molecular formula is C41H52ClN9O2. The second-order valence-electron chi connectivity index (χ2n) is 15.6. The van der Waals surface area contributed by atoms with Crippen LogP contribution >= 0.6 is 11.6 Å². The third-order valence-electron chi connectivity index (χ3n) is 10.7. The van der Waals surface area contributed by atoms with E-state index in [0.29, 0.717) is 30.4 Å². The number of fused-ring (bicyclic) bond motifs is 1. The molecule has 2 saturated heterocycles. The summed E-state index contributed by atoms with van der Waals surface area (Å²) >= 11 is 6.70. The minimum absolute atomic E-state index is 0.219. The van der Waals surface area contributed by atoms with E-state index in [2.05, 4.69) is 54.5 Å². The third-order valence-corrected chi connectivity index (χ3v) is 11.0. The Morgan fingerprint density at radius 2 is 1.64 bits per heavy atom. The molecule has 4 aromatic rings. The number of piperidine rings is 2. The first-order valence-corrected chi connectivity index (χ1v) is 19.5. The highest BCUT2D eigenvalue weighted by molar-refractivity contribution is 6.31. The fourth-order valence-corrected chi connectivity index (χ4v) is 7.87. The van der Waals surface area contributed by atoms with E-state index in [-0.39, 0.29) is 29.1 Å². The third kappa shape index (κ3) is 8.47. The Balaban J connectivity index is 1.07. The molecule has 53 heavy (non-hydrogen) atoms. The van der Waals surface area contributed by atoms with Crippen molar-refractivity contribution in [3.63, 3.8) is 0 Å². The van der Waals surface area contributed by atoms with Gasteiger partial charge in [0.25, 0.3) is 0 Å². The lowest BCUT2D eigenvalue weighted by molar-refractivity contribution is 0.171. The average Bonchev–Trinajstić information content (AvgIpc) is 3.59. The SMILES string of the molecule is CC(C)(C)c1cc(NC(=O)N[C@H]2CC[C@@H](Oc3ccc(=N)n(C(=N)N4CCCCC4)c3)c3ccccc32)n(-c2ccc(Cl)c(CN3CCCCC3)c2)n1. The quantitative estimate of drug-likeness (QED) is 0.113. The highest BCUT2D eigenvalue weighted by Crippen LogP contribution is 2.39. The number of halogens is 1. The zero-order valence-corrected chi connectivity index (χ0v) is 31.9. The predicted octanol–water partition coefficient (Wildman–Crippen LogP) is 8.14. The molecule has 280 valence electrons. The molecule has 3 aliphatic rings. The maximum Gasteiger partial charge on any atom is 0.320 e. The molecule has 0 radical (unpaired) electrons. The van der Waals surface area contributed by atoms with E-state index in [1.165, 1.54) is 25.7 Å². The summed E-state index contributed by atoms with van der Waals surface area (Å²) < 4.78 is 9.97. The Bertz CT molecular complexity index is 2000. The molecule has 1 aliphatic carbocycles. The Kier molecular flexibility index (Phi) is 10.9. The smallest absolute Gasteiger partial charge is 0.320 e. The Labute approximate surface area is 317 Å². The molecule has 12 heteroatoms. The lowest BCUT2D eigenvalue weighted by Crippen LogP contribution is -2.42. The standard InChI is InChI=1S/C41H52ClN9O2/c1-41(2,3)36-25-38(51(47-36)29-14-16-33(42)28(24-29)26-48-20-8-4-9-21-48)46-40(52)45-34-17-18-35(32-13-7-6-12-31(32)34)53-30-15-19-37(43)50(27-30)39(44)49-22-10-5-11-23-49/h6-7,12-16,19,24-25,27,34-35,43-44H,4-5,8-11,17-18,20-23,26H2,1-3H3,(H2,45,46,52)/t34-,35+/m0/s1. The number of nitrogens with one attached hydrogen (secondary N) is 4. The van der Waals surface area contributed by atoms with Gasteiger partial charge in [0.05, 0.1) is 23.6 Å². The fourth-order valence-electron chi connectivity index (χ4n) is 7.69. The van der Waals surface area contributed by atoms with Gasteiger partial charge in [-0.2, -0.15) is 5.10 Å². The van der Waals surface area contributed by atoms with E-state index in [0.717, 1.165) is 78.7 Å². The van der Waals surface area contributed by atoms with Crippen LogP contribution in [0.3, 0.4) is 0 Å². The highest BCUT2D eigenvalue weighted by atomic mass is 35.5. The molecule has 4 heterocycles. The second-order valence-corrected chi connectivity index (χ2v) is 16.1. The van der Waals surface area contributed by atoms with Crippen molar-refractivity contribution in [2.45, 2.75) is 96.2 Å². The summed E-state index contributed by atoms with van der Waals surface area (Å²) in [6.45, 7) is 10.9. The minimum Gasteiger partial charge on any atom is -0.484 e. The Hall–Kier alpha value is -4.61. The monoisotopic (exact) mass is 737 g/mol. The van der Waals surface area contributed by atoms with Crippen LogP contribution in [0.25, 0.3) is 5.69 Å². The molecular weight excluding hydrogens is 686 g/mol. The molecule has 4 N–H and O–H groups in total. The molecule has 2 aromatic carbocycles. The van der Waals surface area contributed by atoms with Crippen molar-refractivity contribution in [2.75, 3.05) is 31.5 Å². The van der Waals surface area contributed by atoms with E-state index < -0.39 is 0 Å². The van der Waals surface area contributed by atoms with Crippen LogP contribution in [0.1, 0.15) is 107 Å². The van der Waals surface area contributed by atoms with E-state index in [9.17, 15) is 4.79 Å². The summed E-state index contributed by atoms with van der Waals surface area (Å²) in [5.41, 5.74) is 4.81. The normalized spacial score (nSPS) is 19.4. The Morgan fingerprint density at radius 3 is 2.38 bits per heavy atom. The van der Waals surface area contributed by atoms with E-state index in [1.807, 2.05) is 39.9 Å². The lowest BCUT2D eigenvalue weighted by atomic mass is 9.85. The van der Waals surface area contributed by atoms with Crippen LogP contribution in [0.5, 0.6) is 5.75 Å². The fraction of sp³-hybridized carbons (Fsp3) is 0.463. The highest BCUT2D eigenvalue weighted by Gasteiger charge is 2.30. The van der Waals surface area contributed by atoms with Gasteiger partial charge in [-0.25, -0.2) is 9.48 Å². The first-order chi connectivity index (χ1) is 25.5. The zero-order chi connectivity index (χ0) is 37.1. The molecule has 0 saturated carbocycles. The topological polar surface area (TPSA) is 127 Å². The number of benzene rings is 2. The maximum absolute atomic E-state index is 13.8. The van der Waals surface area contributed by atoms with Crippen molar-refractivity contribution in [3.8, 4) is 11.4 Å². The van der Waals surface area contributed by atoms with Gasteiger partial charge >= 0.3 is 6.03 Å². The molecule has 0 bridgehead atoms. The van der Waals surface area contributed by atoms with Crippen LogP contribution in [-0.2, 0) is 12.0 Å². The van der Waals surface area contributed by atoms with E-state index in [4.69, 9.17) is 32.3 Å². The number of aromatic nitrogens is 3. The van der Waals surface area contributed by atoms with Crippen molar-refractivity contribution in [1.29, 1.82) is 10.8 Å². The number of hydrogen-bond acceptors (Lipinski definition) is 6. The van der Waals surface area contributed by atoms with Gasteiger partial charge < -0.3 is 15.0 Å².